The number of allylic oxidation sites excluding steroid dienone is 5. The van der Waals surface area contributed by atoms with Crippen molar-refractivity contribution in [1.29, 1.82) is 0 Å². The summed E-state index contributed by atoms with van der Waals surface area (Å²) in [7, 11) is 0.554. The minimum Gasteiger partial charge on any atom is -0.457 e. The summed E-state index contributed by atoms with van der Waals surface area (Å²) in [4.78, 5) is 3.22. The number of benzene rings is 1. The molecule has 0 amide bonds. The van der Waals surface area contributed by atoms with E-state index in [1.54, 1.807) is 6.21 Å². The third-order valence-corrected chi connectivity index (χ3v) is 4.00. The van der Waals surface area contributed by atoms with Gasteiger partial charge in [0.15, 0.2) is 5.70 Å². The van der Waals surface area contributed by atoms with Crippen molar-refractivity contribution in [3.8, 4) is 5.75 Å². The second-order valence-corrected chi connectivity index (χ2v) is 5.48. The number of nitrogens with one attached hydrogen (secondary N) is 1. The molecular weight excluding hydrogens is 302 g/mol. The molecule has 3 nitrogen and oxygen atoms in total. The van der Waals surface area contributed by atoms with E-state index in [1.165, 1.54) is 4.49 Å². The van der Waals surface area contributed by atoms with Crippen molar-refractivity contribution >= 4 is 25.1 Å². The Bertz CT molecular complexity index is 936. The molecule has 1 aromatic heterocycles. The zero-order valence-corrected chi connectivity index (χ0v) is 12.9. The van der Waals surface area contributed by atoms with Gasteiger partial charge in [0.05, 0.1) is 11.3 Å². The number of hydrogen-bond acceptors (Lipinski definition) is 1. The lowest BCUT2D eigenvalue weighted by atomic mass is 9.90. The highest BCUT2D eigenvalue weighted by Gasteiger charge is 2.29. The van der Waals surface area contributed by atoms with Crippen molar-refractivity contribution in [2.75, 3.05) is 0 Å². The molecule has 1 radical (unpaired) electrons. The fourth-order valence-electron chi connectivity index (χ4n) is 2.99. The highest BCUT2D eigenvalue weighted by atomic mass is 19.1. The zero-order valence-electron chi connectivity index (χ0n) is 12.9. The van der Waals surface area contributed by atoms with Crippen molar-refractivity contribution in [1.82, 2.24) is 4.98 Å². The summed E-state index contributed by atoms with van der Waals surface area (Å²) in [6.45, 7) is 3.94. The van der Waals surface area contributed by atoms with Gasteiger partial charge in [0.2, 0.25) is 0 Å². The average molecular weight is 316 g/mol. The van der Waals surface area contributed by atoms with E-state index in [-0.39, 0.29) is 0 Å². The predicted molar refractivity (Wildman–Crippen MR) is 94.2 cm³/mol. The molecule has 0 fully saturated rings. The summed E-state index contributed by atoms with van der Waals surface area (Å²) >= 11 is 0. The van der Waals surface area contributed by atoms with Gasteiger partial charge in [0, 0.05) is 29.5 Å². The minimum absolute atomic E-state index is 0.551. The number of ether oxygens (including phenoxy) is 1. The number of para-hydroxylation sites is 1. The van der Waals surface area contributed by atoms with Gasteiger partial charge in [-0.15, -0.1) is 0 Å². The zero-order chi connectivity index (χ0) is 16.5. The van der Waals surface area contributed by atoms with Crippen LogP contribution in [0.4, 0.5) is 4.32 Å². The van der Waals surface area contributed by atoms with Crippen molar-refractivity contribution in [2.24, 2.45) is 0 Å². The number of hydrogen-bond donors (Lipinski definition) is 1. The molecule has 115 valence electrons. The lowest BCUT2D eigenvalue weighted by Crippen LogP contribution is -2.13. The average Bonchev–Trinajstić information content (AvgIpc) is 3.27. The van der Waals surface area contributed by atoms with Crippen LogP contribution in [0, 0.1) is 0 Å². The minimum atomic E-state index is 0.551. The molecule has 24 heavy (non-hydrogen) atoms. The molecule has 2 aliphatic rings. The van der Waals surface area contributed by atoms with E-state index in [0.717, 1.165) is 33.9 Å². The summed E-state index contributed by atoms with van der Waals surface area (Å²) in [6.07, 6.45) is 9.11. The first-order valence-corrected chi connectivity index (χ1v) is 7.57. The van der Waals surface area contributed by atoms with Crippen molar-refractivity contribution < 1.29 is 13.5 Å². The number of H-pyrrole nitrogens is 1. The largest absolute Gasteiger partial charge is 0.792 e. The Kier molecular flexibility index (Phi) is 3.54. The molecule has 0 bridgehead atoms. The monoisotopic (exact) mass is 316 g/mol. The predicted octanol–water partition coefficient (Wildman–Crippen LogP) is 3.87. The Balaban J connectivity index is 1.99. The first-order chi connectivity index (χ1) is 11.8. The Morgan fingerprint density at radius 1 is 1.21 bits per heavy atom. The van der Waals surface area contributed by atoms with Crippen LogP contribution in [0.15, 0.2) is 78.9 Å². The second kappa shape index (κ2) is 5.85. The standard InChI is InChI=1S/C19H14BFN2O/c1-13-12-15(14-6-2-3-9-18(14)24-13)19(16-7-4-10-22-16)17-8-5-11-23(17)20-21/h2-12,22H,1H2/q+1. The molecule has 1 N–H and O–H groups in total. The van der Waals surface area contributed by atoms with E-state index in [9.17, 15) is 4.32 Å². The van der Waals surface area contributed by atoms with Crippen molar-refractivity contribution in [3.05, 3.63) is 90.1 Å². The number of halogens is 1. The van der Waals surface area contributed by atoms with Gasteiger partial charge in [-0.1, -0.05) is 24.8 Å². The smallest absolute Gasteiger partial charge is 0.457 e. The maximum absolute atomic E-state index is 13.3. The molecule has 5 heteroatoms. The Morgan fingerprint density at radius 2 is 2.08 bits per heavy atom. The number of nitrogens with zero attached hydrogens (tertiary/aromatic N) is 1. The van der Waals surface area contributed by atoms with E-state index >= 15 is 0 Å². The Hall–Kier alpha value is -3.08. The third-order valence-electron chi connectivity index (χ3n) is 4.00. The SMILES string of the molecule is C=C1C=C(/C(=C2\C=CC=[N+]2[B]F)c2ccc[nH]2)c2ccccc2O1. The van der Waals surface area contributed by atoms with Crippen LogP contribution >= 0.6 is 0 Å². The van der Waals surface area contributed by atoms with Crippen LogP contribution in [0.25, 0.3) is 11.1 Å². The number of rotatable bonds is 3. The molecule has 0 spiro atoms. The van der Waals surface area contributed by atoms with Crippen LogP contribution in [-0.2, 0) is 0 Å². The van der Waals surface area contributed by atoms with E-state index in [1.807, 2.05) is 60.8 Å². The lowest BCUT2D eigenvalue weighted by Gasteiger charge is -2.21. The van der Waals surface area contributed by atoms with Gasteiger partial charge in [-0.2, -0.15) is 0 Å². The van der Waals surface area contributed by atoms with Crippen molar-refractivity contribution in [3.63, 3.8) is 0 Å². The Morgan fingerprint density at radius 3 is 2.88 bits per heavy atom. The number of aromatic nitrogens is 1. The summed E-state index contributed by atoms with van der Waals surface area (Å²) in [6, 6.07) is 11.6. The van der Waals surface area contributed by atoms with Crippen LogP contribution in [0.2, 0.25) is 0 Å². The highest BCUT2D eigenvalue weighted by molar-refractivity contribution is 6.18. The third kappa shape index (κ3) is 2.34. The molecule has 0 atom stereocenters. The molecule has 0 aliphatic carbocycles. The summed E-state index contributed by atoms with van der Waals surface area (Å²) in [5.41, 5.74) is 4.41. The molecule has 2 aliphatic heterocycles. The second-order valence-electron chi connectivity index (χ2n) is 5.48. The summed E-state index contributed by atoms with van der Waals surface area (Å²) < 4.78 is 20.5. The highest BCUT2D eigenvalue weighted by Crippen LogP contribution is 2.42. The van der Waals surface area contributed by atoms with Crippen LogP contribution in [0.5, 0.6) is 5.75 Å². The maximum atomic E-state index is 13.3. The first kappa shape index (κ1) is 14.5. The number of fused-ring (bicyclic) bond motifs is 1. The maximum Gasteiger partial charge on any atom is 0.792 e. The van der Waals surface area contributed by atoms with Crippen LogP contribution in [-0.4, -0.2) is 23.4 Å². The molecule has 4 rings (SSSR count). The van der Waals surface area contributed by atoms with Crippen LogP contribution in [0.3, 0.4) is 0 Å². The van der Waals surface area contributed by atoms with Gasteiger partial charge in [0.1, 0.15) is 17.7 Å². The van der Waals surface area contributed by atoms with E-state index in [4.69, 9.17) is 4.74 Å². The normalized spacial score (nSPS) is 17.8. The molecule has 0 saturated carbocycles. The lowest BCUT2D eigenvalue weighted by molar-refractivity contribution is -0.312. The molecule has 3 heterocycles. The number of aromatic amines is 1. The summed E-state index contributed by atoms with van der Waals surface area (Å²) in [5, 5.41) is 0. The quantitative estimate of drug-likeness (QED) is 0.855. The van der Waals surface area contributed by atoms with Gasteiger partial charge >= 0.3 is 7.69 Å². The van der Waals surface area contributed by atoms with Gasteiger partial charge in [0.25, 0.3) is 0 Å². The Labute approximate surface area is 140 Å². The molecule has 0 saturated heterocycles. The van der Waals surface area contributed by atoms with Gasteiger partial charge in [-0.25, -0.2) is 4.32 Å². The van der Waals surface area contributed by atoms with Crippen molar-refractivity contribution in [2.45, 2.75) is 0 Å². The van der Waals surface area contributed by atoms with E-state index in [2.05, 4.69) is 11.6 Å². The fourth-order valence-corrected chi connectivity index (χ4v) is 2.99. The fraction of sp³-hybridized carbons (Fsp3) is 0. The van der Waals surface area contributed by atoms with Crippen LogP contribution in [0.1, 0.15) is 11.3 Å². The van der Waals surface area contributed by atoms with Gasteiger partial charge < -0.3 is 9.72 Å². The molecule has 1 aromatic carbocycles. The molecular formula is C19H14BFN2O+. The topological polar surface area (TPSA) is 28.0 Å². The molecule has 2 aromatic rings. The summed E-state index contributed by atoms with van der Waals surface area (Å²) in [5.74, 6) is 1.29. The van der Waals surface area contributed by atoms with E-state index < -0.39 is 0 Å². The van der Waals surface area contributed by atoms with Gasteiger partial charge in [-0.3, -0.25) is 4.49 Å². The first-order valence-electron chi connectivity index (χ1n) is 7.57. The van der Waals surface area contributed by atoms with Crippen LogP contribution < -0.4 is 4.74 Å². The molecule has 0 unspecified atom stereocenters. The van der Waals surface area contributed by atoms with Gasteiger partial charge in [-0.05, 0) is 24.3 Å². The van der Waals surface area contributed by atoms with E-state index in [0.29, 0.717) is 13.5 Å².